The minimum Gasteiger partial charge on any atom is -0.383 e. The second kappa shape index (κ2) is 5.66. The molecule has 1 amide bonds. The molecular weight excluding hydrogens is 232 g/mol. The maximum absolute atomic E-state index is 11.7. The van der Waals surface area contributed by atoms with Gasteiger partial charge >= 0.3 is 0 Å². The van der Waals surface area contributed by atoms with Gasteiger partial charge in [0.15, 0.2) is 0 Å². The lowest BCUT2D eigenvalue weighted by Crippen LogP contribution is -2.33. The predicted octanol–water partition coefficient (Wildman–Crippen LogP) is 0.201. The highest BCUT2D eigenvalue weighted by Crippen LogP contribution is 2.28. The first kappa shape index (κ1) is 12.6. The van der Waals surface area contributed by atoms with Crippen LogP contribution in [0.5, 0.6) is 0 Å². The van der Waals surface area contributed by atoms with Crippen molar-refractivity contribution in [3.8, 4) is 0 Å². The summed E-state index contributed by atoms with van der Waals surface area (Å²) < 4.78 is 1.16. The highest BCUT2D eigenvalue weighted by molar-refractivity contribution is 5.75. The third-order valence-corrected chi connectivity index (χ3v) is 2.83. The van der Waals surface area contributed by atoms with Gasteiger partial charge in [-0.05, 0) is 25.7 Å². The molecule has 2 rings (SSSR count). The fourth-order valence-corrected chi connectivity index (χ4v) is 1.62. The van der Waals surface area contributed by atoms with Crippen molar-refractivity contribution in [3.63, 3.8) is 0 Å². The van der Waals surface area contributed by atoms with Gasteiger partial charge in [-0.3, -0.25) is 9.59 Å². The van der Waals surface area contributed by atoms with Crippen LogP contribution in [0.4, 0.5) is 5.69 Å². The summed E-state index contributed by atoms with van der Waals surface area (Å²) in [5.41, 5.74) is 0.459. The zero-order chi connectivity index (χ0) is 13.0. The summed E-state index contributed by atoms with van der Waals surface area (Å²) in [4.78, 5) is 23.1. The summed E-state index contributed by atoms with van der Waals surface area (Å²) in [6, 6.07) is 1.48. The van der Waals surface area contributed by atoms with Gasteiger partial charge in [-0.1, -0.05) is 0 Å². The lowest BCUT2D eigenvalue weighted by molar-refractivity contribution is -0.121. The number of rotatable bonds is 6. The number of likely N-dealkylation sites (N-methyl/N-ethyl adjacent to an activating group) is 1. The van der Waals surface area contributed by atoms with Crippen LogP contribution < -0.4 is 16.2 Å². The topological polar surface area (TPSA) is 76.0 Å². The van der Waals surface area contributed by atoms with E-state index in [0.717, 1.165) is 22.8 Å². The highest BCUT2D eigenvalue weighted by atomic mass is 16.2. The maximum atomic E-state index is 11.7. The SMILES string of the molecule is CCNC(=O)Cn1ncc(NCC2CC2)cc1=O. The number of carbonyl (C=O) groups is 1. The van der Waals surface area contributed by atoms with Gasteiger partial charge in [0.05, 0.1) is 11.9 Å². The van der Waals surface area contributed by atoms with E-state index in [0.29, 0.717) is 6.54 Å². The predicted molar refractivity (Wildman–Crippen MR) is 68.4 cm³/mol. The largest absolute Gasteiger partial charge is 0.383 e. The smallest absolute Gasteiger partial charge is 0.269 e. The fraction of sp³-hybridized carbons (Fsp3) is 0.583. The number of aromatic nitrogens is 2. The Hall–Kier alpha value is -1.85. The molecule has 6 heteroatoms. The maximum Gasteiger partial charge on any atom is 0.269 e. The minimum absolute atomic E-state index is 0.0322. The van der Waals surface area contributed by atoms with Crippen molar-refractivity contribution in [1.29, 1.82) is 0 Å². The second-order valence-electron chi connectivity index (χ2n) is 4.52. The molecular formula is C12H18N4O2. The first-order chi connectivity index (χ1) is 8.69. The van der Waals surface area contributed by atoms with E-state index in [-0.39, 0.29) is 18.0 Å². The molecule has 1 aliphatic carbocycles. The Labute approximate surface area is 105 Å². The van der Waals surface area contributed by atoms with Crippen LogP contribution in [-0.2, 0) is 11.3 Å². The normalized spacial score (nSPS) is 14.3. The fourth-order valence-electron chi connectivity index (χ4n) is 1.62. The van der Waals surface area contributed by atoms with Crippen LogP contribution in [0.25, 0.3) is 0 Å². The molecule has 0 bridgehead atoms. The van der Waals surface area contributed by atoms with Crippen LogP contribution in [-0.4, -0.2) is 28.8 Å². The van der Waals surface area contributed by atoms with E-state index in [1.165, 1.54) is 18.9 Å². The molecule has 18 heavy (non-hydrogen) atoms. The molecule has 98 valence electrons. The van der Waals surface area contributed by atoms with Gasteiger partial charge in [0.2, 0.25) is 5.91 Å². The molecule has 1 aromatic rings. The van der Waals surface area contributed by atoms with E-state index in [1.54, 1.807) is 6.20 Å². The van der Waals surface area contributed by atoms with Crippen LogP contribution in [0.15, 0.2) is 17.1 Å². The quantitative estimate of drug-likeness (QED) is 0.756. The van der Waals surface area contributed by atoms with E-state index in [4.69, 9.17) is 0 Å². The average Bonchev–Trinajstić information content (AvgIpc) is 3.14. The molecule has 1 aliphatic rings. The van der Waals surface area contributed by atoms with Crippen molar-refractivity contribution >= 4 is 11.6 Å². The Morgan fingerprint density at radius 3 is 2.94 bits per heavy atom. The Bertz CT molecular complexity index is 479. The Morgan fingerprint density at radius 2 is 2.33 bits per heavy atom. The molecule has 0 spiro atoms. The average molecular weight is 250 g/mol. The van der Waals surface area contributed by atoms with Gasteiger partial charge in [-0.2, -0.15) is 5.10 Å². The van der Waals surface area contributed by atoms with Gasteiger partial charge in [-0.15, -0.1) is 0 Å². The summed E-state index contributed by atoms with van der Waals surface area (Å²) in [5, 5.41) is 9.79. The Kier molecular flexibility index (Phi) is 3.96. The molecule has 6 nitrogen and oxygen atoms in total. The van der Waals surface area contributed by atoms with Crippen LogP contribution >= 0.6 is 0 Å². The number of carbonyl (C=O) groups excluding carboxylic acids is 1. The number of nitrogens with one attached hydrogen (secondary N) is 2. The number of nitrogens with zero attached hydrogens (tertiary/aromatic N) is 2. The zero-order valence-electron chi connectivity index (χ0n) is 10.5. The van der Waals surface area contributed by atoms with Gasteiger partial charge in [0.1, 0.15) is 6.54 Å². The minimum atomic E-state index is -0.262. The van der Waals surface area contributed by atoms with E-state index in [2.05, 4.69) is 15.7 Å². The van der Waals surface area contributed by atoms with Crippen molar-refractivity contribution in [1.82, 2.24) is 15.1 Å². The van der Waals surface area contributed by atoms with Crippen LogP contribution in [0, 0.1) is 5.92 Å². The van der Waals surface area contributed by atoms with Crippen molar-refractivity contribution in [3.05, 3.63) is 22.6 Å². The molecule has 0 saturated heterocycles. The van der Waals surface area contributed by atoms with Gasteiger partial charge in [0, 0.05) is 19.2 Å². The zero-order valence-corrected chi connectivity index (χ0v) is 10.5. The third-order valence-electron chi connectivity index (χ3n) is 2.83. The first-order valence-electron chi connectivity index (χ1n) is 6.26. The monoisotopic (exact) mass is 250 g/mol. The van der Waals surface area contributed by atoms with E-state index in [9.17, 15) is 9.59 Å². The molecule has 1 fully saturated rings. The molecule has 1 saturated carbocycles. The van der Waals surface area contributed by atoms with Crippen molar-refractivity contribution in [2.45, 2.75) is 26.3 Å². The van der Waals surface area contributed by atoms with E-state index < -0.39 is 0 Å². The molecule has 1 aromatic heterocycles. The van der Waals surface area contributed by atoms with Crippen molar-refractivity contribution in [2.24, 2.45) is 5.92 Å². The lowest BCUT2D eigenvalue weighted by atomic mass is 10.4. The van der Waals surface area contributed by atoms with Gasteiger partial charge < -0.3 is 10.6 Å². The molecule has 1 heterocycles. The molecule has 2 N–H and O–H groups in total. The standard InChI is InChI=1S/C12H18N4O2/c1-2-13-11(17)8-16-12(18)5-10(7-15-16)14-6-9-3-4-9/h5,7,9,14H,2-4,6,8H2,1H3,(H,13,17). The van der Waals surface area contributed by atoms with Gasteiger partial charge in [0.25, 0.3) is 5.56 Å². The first-order valence-corrected chi connectivity index (χ1v) is 6.26. The summed E-state index contributed by atoms with van der Waals surface area (Å²) in [5.74, 6) is 0.536. The van der Waals surface area contributed by atoms with E-state index in [1.807, 2.05) is 6.92 Å². The Balaban J connectivity index is 1.95. The van der Waals surface area contributed by atoms with Crippen LogP contribution in [0.2, 0.25) is 0 Å². The number of hydrogen-bond acceptors (Lipinski definition) is 4. The molecule has 0 aliphatic heterocycles. The number of hydrogen-bond donors (Lipinski definition) is 2. The van der Waals surface area contributed by atoms with Crippen LogP contribution in [0.3, 0.4) is 0 Å². The van der Waals surface area contributed by atoms with E-state index >= 15 is 0 Å². The molecule has 0 aromatic carbocycles. The van der Waals surface area contributed by atoms with Crippen LogP contribution in [0.1, 0.15) is 19.8 Å². The lowest BCUT2D eigenvalue weighted by Gasteiger charge is -2.07. The van der Waals surface area contributed by atoms with Gasteiger partial charge in [-0.25, -0.2) is 4.68 Å². The van der Waals surface area contributed by atoms with Crippen molar-refractivity contribution in [2.75, 3.05) is 18.4 Å². The summed E-state index contributed by atoms with van der Waals surface area (Å²) in [6.07, 6.45) is 4.10. The Morgan fingerprint density at radius 1 is 1.56 bits per heavy atom. The summed E-state index contributed by atoms with van der Waals surface area (Å²) in [6.45, 7) is 3.24. The number of anilines is 1. The van der Waals surface area contributed by atoms with Crippen molar-refractivity contribution < 1.29 is 4.79 Å². The second-order valence-corrected chi connectivity index (χ2v) is 4.52. The highest BCUT2D eigenvalue weighted by Gasteiger charge is 2.20. The third kappa shape index (κ3) is 3.58. The number of amides is 1. The summed E-state index contributed by atoms with van der Waals surface area (Å²) in [7, 11) is 0. The molecule has 0 unspecified atom stereocenters. The molecule has 0 radical (unpaired) electrons. The summed E-state index contributed by atoms with van der Waals surface area (Å²) >= 11 is 0. The molecule has 0 atom stereocenters.